The summed E-state index contributed by atoms with van der Waals surface area (Å²) in [5.74, 6) is 0.728. The van der Waals surface area contributed by atoms with Gasteiger partial charge in [0, 0.05) is 39.6 Å². The number of hydrogen-bond acceptors (Lipinski definition) is 3. The topological polar surface area (TPSA) is 52.7 Å². The minimum atomic E-state index is 0.0649. The Labute approximate surface area is 151 Å². The lowest BCUT2D eigenvalue weighted by molar-refractivity contribution is -0.128. The number of nitrogens with zero attached hydrogens (tertiary/aromatic N) is 2. The van der Waals surface area contributed by atoms with Gasteiger partial charge in [0.1, 0.15) is 0 Å². The molecule has 0 aromatic heterocycles. The summed E-state index contributed by atoms with van der Waals surface area (Å²) in [7, 11) is 0. The maximum absolute atomic E-state index is 12.1. The number of carbonyl (C=O) groups is 2. The highest BCUT2D eigenvalue weighted by atomic mass is 16.2. The number of benzene rings is 1. The molecule has 1 saturated heterocycles. The SMILES string of the molecule is CC(=O)N1CCCN(CC(=O)NCCc2ccc(C(C)C)cc2)CC1. The molecule has 1 aliphatic rings. The fraction of sp³-hybridized carbons (Fsp3) is 0.600. The van der Waals surface area contributed by atoms with E-state index in [-0.39, 0.29) is 11.8 Å². The Kier molecular flexibility index (Phi) is 7.44. The second kappa shape index (κ2) is 9.56. The molecule has 5 nitrogen and oxygen atoms in total. The van der Waals surface area contributed by atoms with Crippen LogP contribution >= 0.6 is 0 Å². The summed E-state index contributed by atoms with van der Waals surface area (Å²) in [4.78, 5) is 27.6. The van der Waals surface area contributed by atoms with Gasteiger partial charge < -0.3 is 10.2 Å². The maximum Gasteiger partial charge on any atom is 0.234 e. The average molecular weight is 345 g/mol. The average Bonchev–Trinajstić information content (AvgIpc) is 2.81. The standard InChI is InChI=1S/C20H31N3O2/c1-16(2)19-7-5-18(6-8-19)9-10-21-20(25)15-22-11-4-12-23(14-13-22)17(3)24/h5-8,16H,4,9-15H2,1-3H3,(H,21,25). The largest absolute Gasteiger partial charge is 0.355 e. The summed E-state index contributed by atoms with van der Waals surface area (Å²) in [6, 6.07) is 8.62. The van der Waals surface area contributed by atoms with Gasteiger partial charge in [-0.25, -0.2) is 0 Å². The van der Waals surface area contributed by atoms with Crippen molar-refractivity contribution >= 4 is 11.8 Å². The highest BCUT2D eigenvalue weighted by molar-refractivity contribution is 5.78. The molecule has 1 aromatic carbocycles. The van der Waals surface area contributed by atoms with Crippen LogP contribution in [0.15, 0.2) is 24.3 Å². The molecule has 0 saturated carbocycles. The summed E-state index contributed by atoms with van der Waals surface area (Å²) in [5, 5.41) is 3.01. The van der Waals surface area contributed by atoms with Gasteiger partial charge in [-0.15, -0.1) is 0 Å². The van der Waals surface area contributed by atoms with Gasteiger partial charge in [0.25, 0.3) is 0 Å². The summed E-state index contributed by atoms with van der Waals surface area (Å²) < 4.78 is 0. The van der Waals surface area contributed by atoms with Crippen LogP contribution < -0.4 is 5.32 Å². The molecular weight excluding hydrogens is 314 g/mol. The summed E-state index contributed by atoms with van der Waals surface area (Å²) in [6.45, 7) is 10.2. The van der Waals surface area contributed by atoms with E-state index < -0.39 is 0 Å². The first-order valence-corrected chi connectivity index (χ1v) is 9.29. The highest BCUT2D eigenvalue weighted by Gasteiger charge is 2.18. The lowest BCUT2D eigenvalue weighted by atomic mass is 10.0. The lowest BCUT2D eigenvalue weighted by Gasteiger charge is -2.20. The fourth-order valence-electron chi connectivity index (χ4n) is 3.12. The third-order valence-corrected chi connectivity index (χ3v) is 4.78. The van der Waals surface area contributed by atoms with Crippen molar-refractivity contribution < 1.29 is 9.59 Å². The fourth-order valence-corrected chi connectivity index (χ4v) is 3.12. The van der Waals surface area contributed by atoms with E-state index in [1.165, 1.54) is 11.1 Å². The van der Waals surface area contributed by atoms with Crippen molar-refractivity contribution in [1.29, 1.82) is 0 Å². The molecule has 5 heteroatoms. The van der Waals surface area contributed by atoms with Crippen molar-refractivity contribution in [3.63, 3.8) is 0 Å². The van der Waals surface area contributed by atoms with Crippen LogP contribution in [0.25, 0.3) is 0 Å². The Hall–Kier alpha value is -1.88. The number of amides is 2. The van der Waals surface area contributed by atoms with Gasteiger partial charge >= 0.3 is 0 Å². The predicted octanol–water partition coefficient (Wildman–Crippen LogP) is 2.02. The third-order valence-electron chi connectivity index (χ3n) is 4.78. The zero-order valence-electron chi connectivity index (χ0n) is 15.8. The van der Waals surface area contributed by atoms with E-state index in [4.69, 9.17) is 0 Å². The third kappa shape index (κ3) is 6.50. The van der Waals surface area contributed by atoms with Crippen molar-refractivity contribution in [2.24, 2.45) is 0 Å². The monoisotopic (exact) mass is 345 g/mol. The van der Waals surface area contributed by atoms with Gasteiger partial charge in [0.05, 0.1) is 6.54 Å². The molecular formula is C20H31N3O2. The van der Waals surface area contributed by atoms with Gasteiger partial charge in [0.15, 0.2) is 0 Å². The van der Waals surface area contributed by atoms with E-state index in [1.54, 1.807) is 6.92 Å². The molecule has 1 aromatic rings. The molecule has 0 radical (unpaired) electrons. The highest BCUT2D eigenvalue weighted by Crippen LogP contribution is 2.14. The Morgan fingerprint density at radius 2 is 1.80 bits per heavy atom. The van der Waals surface area contributed by atoms with E-state index in [9.17, 15) is 9.59 Å². The molecule has 2 amide bonds. The zero-order chi connectivity index (χ0) is 18.2. The lowest BCUT2D eigenvalue weighted by Crippen LogP contribution is -2.40. The van der Waals surface area contributed by atoms with Crippen LogP contribution in [0, 0.1) is 0 Å². The van der Waals surface area contributed by atoms with Crippen LogP contribution in [0.3, 0.4) is 0 Å². The minimum absolute atomic E-state index is 0.0649. The Morgan fingerprint density at radius 3 is 2.44 bits per heavy atom. The van der Waals surface area contributed by atoms with E-state index >= 15 is 0 Å². The normalized spacial score (nSPS) is 15.9. The molecule has 0 bridgehead atoms. The van der Waals surface area contributed by atoms with Crippen LogP contribution in [-0.2, 0) is 16.0 Å². The number of carbonyl (C=O) groups excluding carboxylic acids is 2. The molecule has 138 valence electrons. The van der Waals surface area contributed by atoms with Crippen LogP contribution in [0.4, 0.5) is 0 Å². The zero-order valence-corrected chi connectivity index (χ0v) is 15.8. The first kappa shape index (κ1) is 19.4. The number of rotatable bonds is 6. The maximum atomic E-state index is 12.1. The second-order valence-corrected chi connectivity index (χ2v) is 7.13. The van der Waals surface area contributed by atoms with E-state index in [0.717, 1.165) is 32.5 Å². The number of nitrogens with one attached hydrogen (secondary N) is 1. The van der Waals surface area contributed by atoms with Crippen molar-refractivity contribution in [1.82, 2.24) is 15.1 Å². The molecule has 0 spiro atoms. The quantitative estimate of drug-likeness (QED) is 0.858. The molecule has 0 aliphatic carbocycles. The molecule has 1 N–H and O–H groups in total. The van der Waals surface area contributed by atoms with Gasteiger partial charge in [0.2, 0.25) is 11.8 Å². The van der Waals surface area contributed by atoms with E-state index in [2.05, 4.69) is 48.3 Å². The van der Waals surface area contributed by atoms with Gasteiger partial charge in [-0.3, -0.25) is 14.5 Å². The molecule has 1 heterocycles. The van der Waals surface area contributed by atoms with Crippen molar-refractivity contribution in [2.75, 3.05) is 39.3 Å². The van der Waals surface area contributed by atoms with Crippen molar-refractivity contribution in [3.05, 3.63) is 35.4 Å². The number of hydrogen-bond donors (Lipinski definition) is 1. The minimum Gasteiger partial charge on any atom is -0.355 e. The first-order valence-electron chi connectivity index (χ1n) is 9.29. The summed E-state index contributed by atoms with van der Waals surface area (Å²) >= 11 is 0. The van der Waals surface area contributed by atoms with Crippen LogP contribution in [0.5, 0.6) is 0 Å². The van der Waals surface area contributed by atoms with Gasteiger partial charge in [-0.05, 0) is 29.9 Å². The molecule has 25 heavy (non-hydrogen) atoms. The molecule has 0 unspecified atom stereocenters. The van der Waals surface area contributed by atoms with Gasteiger partial charge in [-0.2, -0.15) is 0 Å². The summed E-state index contributed by atoms with van der Waals surface area (Å²) in [5.41, 5.74) is 2.59. The Balaban J connectivity index is 1.69. The van der Waals surface area contributed by atoms with Crippen molar-refractivity contribution in [2.45, 2.75) is 39.5 Å². The van der Waals surface area contributed by atoms with Gasteiger partial charge in [-0.1, -0.05) is 38.1 Å². The van der Waals surface area contributed by atoms with Crippen molar-refractivity contribution in [3.8, 4) is 0 Å². The Morgan fingerprint density at radius 1 is 1.08 bits per heavy atom. The smallest absolute Gasteiger partial charge is 0.234 e. The molecule has 1 fully saturated rings. The van der Waals surface area contributed by atoms with E-state index in [0.29, 0.717) is 25.6 Å². The van der Waals surface area contributed by atoms with Crippen LogP contribution in [0.2, 0.25) is 0 Å². The Bertz CT molecular complexity index is 569. The van der Waals surface area contributed by atoms with Crippen LogP contribution in [0.1, 0.15) is 44.2 Å². The molecule has 0 atom stereocenters. The second-order valence-electron chi connectivity index (χ2n) is 7.13. The molecule has 2 rings (SSSR count). The van der Waals surface area contributed by atoms with Crippen LogP contribution in [-0.4, -0.2) is 60.9 Å². The predicted molar refractivity (Wildman–Crippen MR) is 101 cm³/mol. The first-order chi connectivity index (χ1) is 12.0. The van der Waals surface area contributed by atoms with E-state index in [1.807, 2.05) is 4.90 Å². The molecule has 1 aliphatic heterocycles. The summed E-state index contributed by atoms with van der Waals surface area (Å²) in [6.07, 6.45) is 1.78.